The zero-order chi connectivity index (χ0) is 12.1. The summed E-state index contributed by atoms with van der Waals surface area (Å²) < 4.78 is 5.13. The Hall–Kier alpha value is -1.66. The Bertz CT molecular complexity index is 479. The second-order valence-corrected chi connectivity index (χ2v) is 4.38. The van der Waals surface area contributed by atoms with E-state index in [1.54, 1.807) is 6.26 Å². The van der Waals surface area contributed by atoms with Gasteiger partial charge in [-0.2, -0.15) is 0 Å². The first-order chi connectivity index (χ1) is 8.24. The SMILES string of the molecule is Cc1csc(NC(=O)CNCc2ccco2)n1. The summed E-state index contributed by atoms with van der Waals surface area (Å²) in [5.74, 6) is 0.703. The highest BCUT2D eigenvalue weighted by Crippen LogP contribution is 2.13. The number of thiazole rings is 1. The van der Waals surface area contributed by atoms with Crippen molar-refractivity contribution in [1.82, 2.24) is 10.3 Å². The molecule has 0 fully saturated rings. The van der Waals surface area contributed by atoms with E-state index in [-0.39, 0.29) is 12.5 Å². The number of rotatable bonds is 5. The molecule has 1 amide bonds. The molecule has 0 saturated heterocycles. The Morgan fingerprint density at radius 1 is 1.59 bits per heavy atom. The summed E-state index contributed by atoms with van der Waals surface area (Å²) in [4.78, 5) is 15.7. The van der Waals surface area contributed by atoms with E-state index in [4.69, 9.17) is 4.42 Å². The zero-order valence-electron chi connectivity index (χ0n) is 9.40. The third-order valence-electron chi connectivity index (χ3n) is 2.03. The van der Waals surface area contributed by atoms with Crippen molar-refractivity contribution in [2.24, 2.45) is 0 Å². The molecule has 0 radical (unpaired) electrons. The highest BCUT2D eigenvalue weighted by molar-refractivity contribution is 7.13. The van der Waals surface area contributed by atoms with Crippen LogP contribution in [0.2, 0.25) is 0 Å². The lowest BCUT2D eigenvalue weighted by Crippen LogP contribution is -2.27. The van der Waals surface area contributed by atoms with E-state index in [2.05, 4.69) is 15.6 Å². The van der Waals surface area contributed by atoms with Crippen LogP contribution in [0.15, 0.2) is 28.2 Å². The maximum absolute atomic E-state index is 11.5. The van der Waals surface area contributed by atoms with Crippen LogP contribution >= 0.6 is 11.3 Å². The smallest absolute Gasteiger partial charge is 0.240 e. The lowest BCUT2D eigenvalue weighted by atomic mass is 10.4. The predicted molar refractivity (Wildman–Crippen MR) is 65.9 cm³/mol. The quantitative estimate of drug-likeness (QED) is 0.850. The second-order valence-electron chi connectivity index (χ2n) is 3.53. The topological polar surface area (TPSA) is 67.2 Å². The third kappa shape index (κ3) is 3.69. The molecule has 0 unspecified atom stereocenters. The highest BCUT2D eigenvalue weighted by atomic mass is 32.1. The number of nitrogens with one attached hydrogen (secondary N) is 2. The molecule has 5 nitrogen and oxygen atoms in total. The largest absolute Gasteiger partial charge is 0.468 e. The molecular formula is C11H13N3O2S. The molecule has 2 aromatic heterocycles. The van der Waals surface area contributed by atoms with Crippen LogP contribution in [0.1, 0.15) is 11.5 Å². The summed E-state index contributed by atoms with van der Waals surface area (Å²) in [6.07, 6.45) is 1.61. The van der Waals surface area contributed by atoms with Gasteiger partial charge in [0.05, 0.1) is 25.0 Å². The first-order valence-electron chi connectivity index (χ1n) is 5.19. The van der Waals surface area contributed by atoms with Gasteiger partial charge in [0.2, 0.25) is 5.91 Å². The van der Waals surface area contributed by atoms with E-state index in [9.17, 15) is 4.79 Å². The Morgan fingerprint density at radius 2 is 2.47 bits per heavy atom. The average Bonchev–Trinajstić information content (AvgIpc) is 2.90. The highest BCUT2D eigenvalue weighted by Gasteiger charge is 2.05. The molecule has 0 bridgehead atoms. The predicted octanol–water partition coefficient (Wildman–Crippen LogP) is 1.77. The fourth-order valence-corrected chi connectivity index (χ4v) is 1.99. The number of carbonyl (C=O) groups is 1. The van der Waals surface area contributed by atoms with Gasteiger partial charge >= 0.3 is 0 Å². The van der Waals surface area contributed by atoms with Gasteiger partial charge in [-0.25, -0.2) is 4.98 Å². The van der Waals surface area contributed by atoms with E-state index >= 15 is 0 Å². The lowest BCUT2D eigenvalue weighted by Gasteiger charge is -2.02. The minimum Gasteiger partial charge on any atom is -0.468 e. The number of aryl methyl sites for hydroxylation is 1. The number of anilines is 1. The number of carbonyl (C=O) groups excluding carboxylic acids is 1. The molecule has 2 aromatic rings. The Kier molecular flexibility index (Phi) is 3.89. The number of amides is 1. The van der Waals surface area contributed by atoms with Crippen LogP contribution in [0.5, 0.6) is 0 Å². The van der Waals surface area contributed by atoms with E-state index in [1.807, 2.05) is 24.4 Å². The summed E-state index contributed by atoms with van der Waals surface area (Å²) in [5, 5.41) is 8.23. The summed E-state index contributed by atoms with van der Waals surface area (Å²) in [6, 6.07) is 3.67. The number of nitrogens with zero attached hydrogens (tertiary/aromatic N) is 1. The van der Waals surface area contributed by atoms with Crippen molar-refractivity contribution >= 4 is 22.4 Å². The second kappa shape index (κ2) is 5.60. The van der Waals surface area contributed by atoms with Gasteiger partial charge in [0, 0.05) is 5.38 Å². The van der Waals surface area contributed by atoms with Crippen LogP contribution in [0.25, 0.3) is 0 Å². The van der Waals surface area contributed by atoms with E-state index in [1.165, 1.54) is 11.3 Å². The van der Waals surface area contributed by atoms with Crippen molar-refractivity contribution < 1.29 is 9.21 Å². The average molecular weight is 251 g/mol. The molecule has 0 spiro atoms. The molecule has 2 rings (SSSR count). The van der Waals surface area contributed by atoms with Gasteiger partial charge < -0.3 is 15.1 Å². The van der Waals surface area contributed by atoms with Crippen molar-refractivity contribution in [2.75, 3.05) is 11.9 Å². The number of hydrogen-bond donors (Lipinski definition) is 2. The molecule has 0 aliphatic heterocycles. The maximum Gasteiger partial charge on any atom is 0.240 e. The molecule has 17 heavy (non-hydrogen) atoms. The van der Waals surface area contributed by atoms with Gasteiger partial charge in [-0.3, -0.25) is 4.79 Å². The van der Waals surface area contributed by atoms with Crippen LogP contribution in [-0.4, -0.2) is 17.4 Å². The molecule has 6 heteroatoms. The fourth-order valence-electron chi connectivity index (χ4n) is 1.29. The van der Waals surface area contributed by atoms with Crippen molar-refractivity contribution in [1.29, 1.82) is 0 Å². The monoisotopic (exact) mass is 251 g/mol. The van der Waals surface area contributed by atoms with E-state index in [0.717, 1.165) is 11.5 Å². The van der Waals surface area contributed by atoms with Crippen LogP contribution < -0.4 is 10.6 Å². The Labute approximate surface area is 103 Å². The first kappa shape index (κ1) is 11.8. The normalized spacial score (nSPS) is 10.4. The molecular weight excluding hydrogens is 238 g/mol. The van der Waals surface area contributed by atoms with Crippen molar-refractivity contribution in [3.05, 3.63) is 35.2 Å². The number of aromatic nitrogens is 1. The maximum atomic E-state index is 11.5. The van der Waals surface area contributed by atoms with Gasteiger partial charge in [-0.05, 0) is 19.1 Å². The Balaban J connectivity index is 1.71. The van der Waals surface area contributed by atoms with Crippen molar-refractivity contribution in [2.45, 2.75) is 13.5 Å². The molecule has 2 N–H and O–H groups in total. The zero-order valence-corrected chi connectivity index (χ0v) is 10.2. The number of furan rings is 1. The first-order valence-corrected chi connectivity index (χ1v) is 6.07. The van der Waals surface area contributed by atoms with Gasteiger partial charge in [0.15, 0.2) is 5.13 Å². The van der Waals surface area contributed by atoms with Gasteiger partial charge in [0.25, 0.3) is 0 Å². The van der Waals surface area contributed by atoms with Crippen LogP contribution in [0.4, 0.5) is 5.13 Å². The van der Waals surface area contributed by atoms with Crippen LogP contribution in [0.3, 0.4) is 0 Å². The van der Waals surface area contributed by atoms with Crippen LogP contribution in [-0.2, 0) is 11.3 Å². The van der Waals surface area contributed by atoms with E-state index < -0.39 is 0 Å². The van der Waals surface area contributed by atoms with E-state index in [0.29, 0.717) is 11.7 Å². The molecule has 90 valence electrons. The summed E-state index contributed by atoms with van der Waals surface area (Å²) >= 11 is 1.42. The van der Waals surface area contributed by atoms with Crippen molar-refractivity contribution in [3.8, 4) is 0 Å². The fraction of sp³-hybridized carbons (Fsp3) is 0.273. The minimum absolute atomic E-state index is 0.106. The Morgan fingerprint density at radius 3 is 3.12 bits per heavy atom. The van der Waals surface area contributed by atoms with Crippen LogP contribution in [0, 0.1) is 6.92 Å². The van der Waals surface area contributed by atoms with Gasteiger partial charge in [-0.15, -0.1) is 11.3 Å². The lowest BCUT2D eigenvalue weighted by molar-refractivity contribution is -0.115. The third-order valence-corrected chi connectivity index (χ3v) is 2.91. The molecule has 0 saturated carbocycles. The van der Waals surface area contributed by atoms with Gasteiger partial charge in [0.1, 0.15) is 5.76 Å². The number of hydrogen-bond acceptors (Lipinski definition) is 5. The molecule has 0 aliphatic carbocycles. The summed E-state index contributed by atoms with van der Waals surface area (Å²) in [6.45, 7) is 2.66. The standard InChI is InChI=1S/C11H13N3O2S/c1-8-7-17-11(13-8)14-10(15)6-12-5-9-3-2-4-16-9/h2-4,7,12H,5-6H2,1H3,(H,13,14,15). The van der Waals surface area contributed by atoms with Gasteiger partial charge in [-0.1, -0.05) is 0 Å². The molecule has 2 heterocycles. The molecule has 0 aliphatic rings. The van der Waals surface area contributed by atoms with Crippen molar-refractivity contribution in [3.63, 3.8) is 0 Å². The summed E-state index contributed by atoms with van der Waals surface area (Å²) in [7, 11) is 0. The summed E-state index contributed by atoms with van der Waals surface area (Å²) in [5.41, 5.74) is 0.911. The molecule has 0 atom stereocenters. The minimum atomic E-state index is -0.106. The molecule has 0 aromatic carbocycles.